The Kier molecular flexibility index (Phi) is 20.5. The van der Waals surface area contributed by atoms with Crippen molar-refractivity contribution in [3.05, 3.63) is 78.5 Å². The van der Waals surface area contributed by atoms with Gasteiger partial charge in [0.2, 0.25) is 6.41 Å². The van der Waals surface area contributed by atoms with Gasteiger partial charge in [-0.15, -0.1) is 0 Å². The van der Waals surface area contributed by atoms with Crippen LogP contribution in [0.2, 0.25) is 0 Å². The first kappa shape index (κ1) is 31.1. The third kappa shape index (κ3) is 14.8. The van der Waals surface area contributed by atoms with Crippen LogP contribution in [0.25, 0.3) is 5.69 Å². The molecule has 2 aromatic rings. The molecule has 1 aliphatic carbocycles. The van der Waals surface area contributed by atoms with Crippen LogP contribution in [0, 0.1) is 6.92 Å². The number of nitrogens with zero attached hydrogens (tertiary/aromatic N) is 2. The first-order chi connectivity index (χ1) is 15.4. The van der Waals surface area contributed by atoms with E-state index in [0.717, 1.165) is 23.6 Å². The van der Waals surface area contributed by atoms with Crippen molar-refractivity contribution in [1.82, 2.24) is 9.78 Å². The number of nitrogens with two attached hydrogens (primary N) is 2. The molecule has 0 saturated heterocycles. The minimum atomic E-state index is 0.250. The second-order valence-corrected chi connectivity index (χ2v) is 6.75. The number of hydrogen-bond donors (Lipinski definition) is 2. The Morgan fingerprint density at radius 2 is 1.78 bits per heavy atom. The normalized spacial score (nSPS) is 11.6. The molecule has 0 bridgehead atoms. The zero-order chi connectivity index (χ0) is 24.8. The molecule has 32 heavy (non-hydrogen) atoms. The number of carbonyl (C=O) groups excluding carboxylic acids is 1. The third-order valence-electron chi connectivity index (χ3n) is 3.90. The lowest BCUT2D eigenvalue weighted by atomic mass is 10.2. The van der Waals surface area contributed by atoms with E-state index in [1.807, 2.05) is 48.9 Å². The van der Waals surface area contributed by atoms with E-state index >= 15 is 0 Å². The van der Waals surface area contributed by atoms with Crippen molar-refractivity contribution in [1.29, 1.82) is 0 Å². The van der Waals surface area contributed by atoms with Crippen LogP contribution >= 0.6 is 0 Å². The maximum atomic E-state index is 8.58. The van der Waals surface area contributed by atoms with Crippen LogP contribution in [0.5, 0.6) is 0 Å². The minimum Gasteiger partial charge on any atom is -0.388 e. The summed E-state index contributed by atoms with van der Waals surface area (Å²) in [6.07, 6.45) is 13.7. The topological polar surface area (TPSA) is 96.2 Å². The van der Waals surface area contributed by atoms with Gasteiger partial charge in [-0.1, -0.05) is 62.1 Å². The molecular formula is C26H42N4O2. The summed E-state index contributed by atoms with van der Waals surface area (Å²) in [5, 5.41) is 4.59. The second kappa shape index (κ2) is 21.1. The van der Waals surface area contributed by atoms with E-state index in [2.05, 4.69) is 60.3 Å². The molecule has 1 aromatic heterocycles. The van der Waals surface area contributed by atoms with Crippen molar-refractivity contribution in [3.63, 3.8) is 0 Å². The van der Waals surface area contributed by atoms with Crippen molar-refractivity contribution < 1.29 is 9.53 Å². The average molecular weight is 443 g/mol. The van der Waals surface area contributed by atoms with Gasteiger partial charge in [-0.2, -0.15) is 5.10 Å². The van der Waals surface area contributed by atoms with Crippen LogP contribution in [0.4, 0.5) is 5.82 Å². The van der Waals surface area contributed by atoms with Gasteiger partial charge >= 0.3 is 0 Å². The number of anilines is 1. The quantitative estimate of drug-likeness (QED) is 0.359. The molecule has 0 radical (unpaired) electrons. The number of primary amides is 1. The number of benzene rings is 1. The Hall–Kier alpha value is -3.12. The Balaban J connectivity index is 0. The number of rotatable bonds is 4. The van der Waals surface area contributed by atoms with Gasteiger partial charge in [-0.05, 0) is 51.7 Å². The summed E-state index contributed by atoms with van der Waals surface area (Å²) in [6, 6.07) is 10.2. The number of ether oxygens (including phenoxy) is 1. The van der Waals surface area contributed by atoms with Gasteiger partial charge in [0.1, 0.15) is 5.82 Å². The molecule has 6 nitrogen and oxygen atoms in total. The molecule has 0 atom stereocenters. The third-order valence-corrected chi connectivity index (χ3v) is 3.90. The Morgan fingerprint density at radius 1 is 1.22 bits per heavy atom. The van der Waals surface area contributed by atoms with Crippen LogP contribution in [0.1, 0.15) is 57.2 Å². The number of allylic oxidation sites excluding steroid dienone is 5. The average Bonchev–Trinajstić information content (AvgIpc) is 3.54. The molecule has 0 unspecified atom stereocenters. The second-order valence-electron chi connectivity index (χ2n) is 6.75. The summed E-state index contributed by atoms with van der Waals surface area (Å²) in [5.74, 6) is 1.38. The Bertz CT molecular complexity index is 791. The predicted molar refractivity (Wildman–Crippen MR) is 138 cm³/mol. The Labute approximate surface area is 194 Å². The predicted octanol–water partition coefficient (Wildman–Crippen LogP) is 5.73. The fourth-order valence-corrected chi connectivity index (χ4v) is 2.36. The molecule has 1 aliphatic rings. The van der Waals surface area contributed by atoms with Crippen molar-refractivity contribution in [2.45, 2.75) is 52.9 Å². The number of amides is 1. The number of aryl methyl sites for hydroxylation is 1. The Morgan fingerprint density at radius 3 is 2.12 bits per heavy atom. The van der Waals surface area contributed by atoms with Gasteiger partial charge in [0.15, 0.2) is 0 Å². The SMILES string of the molecule is C/C=C\CC.C=C/C=C\C.COC.Cc1ccccc1-n1nc(C2CC2)cc1N.NC=O. The summed E-state index contributed by atoms with van der Waals surface area (Å²) in [7, 11) is 3.25. The molecule has 1 heterocycles. The lowest BCUT2D eigenvalue weighted by Gasteiger charge is -2.06. The molecular weight excluding hydrogens is 400 g/mol. The number of methoxy groups -OCH3 is 1. The van der Waals surface area contributed by atoms with E-state index in [1.54, 1.807) is 20.3 Å². The molecule has 178 valence electrons. The highest BCUT2D eigenvalue weighted by Crippen LogP contribution is 2.40. The fourth-order valence-electron chi connectivity index (χ4n) is 2.36. The molecule has 4 N–H and O–H groups in total. The van der Waals surface area contributed by atoms with Gasteiger partial charge in [0.05, 0.1) is 11.4 Å². The zero-order valence-electron chi connectivity index (χ0n) is 20.6. The van der Waals surface area contributed by atoms with E-state index in [9.17, 15) is 0 Å². The van der Waals surface area contributed by atoms with Gasteiger partial charge in [-0.3, -0.25) is 4.79 Å². The highest BCUT2D eigenvalue weighted by molar-refractivity contribution is 5.47. The highest BCUT2D eigenvalue weighted by Gasteiger charge is 2.27. The van der Waals surface area contributed by atoms with Crippen molar-refractivity contribution in [3.8, 4) is 5.69 Å². The lowest BCUT2D eigenvalue weighted by Crippen LogP contribution is -2.03. The summed E-state index contributed by atoms with van der Waals surface area (Å²) in [6.45, 7) is 11.7. The molecule has 3 rings (SSSR count). The summed E-state index contributed by atoms with van der Waals surface area (Å²) in [4.78, 5) is 8.58. The first-order valence-electron chi connectivity index (χ1n) is 10.7. The monoisotopic (exact) mass is 442 g/mol. The number of hydrogen-bond acceptors (Lipinski definition) is 4. The van der Waals surface area contributed by atoms with E-state index in [-0.39, 0.29) is 6.41 Å². The number of nitrogen functional groups attached to an aromatic ring is 1. The number of carbonyl (C=O) groups is 1. The van der Waals surface area contributed by atoms with Gasteiger partial charge in [0, 0.05) is 26.2 Å². The molecule has 0 aliphatic heterocycles. The van der Waals surface area contributed by atoms with Gasteiger partial charge < -0.3 is 16.2 Å². The smallest absolute Gasteiger partial charge is 0.204 e. The van der Waals surface area contributed by atoms with Crippen molar-refractivity contribution in [2.24, 2.45) is 5.73 Å². The van der Waals surface area contributed by atoms with Crippen LogP contribution in [0.15, 0.2) is 67.3 Å². The van der Waals surface area contributed by atoms with E-state index in [0.29, 0.717) is 5.92 Å². The lowest BCUT2D eigenvalue weighted by molar-refractivity contribution is -0.106. The standard InChI is InChI=1S/C13H15N3.C5H10.C5H8.C2H6O.CH3NO/c1-9-4-2-3-5-12(9)16-13(14)8-11(15-16)10-6-7-10;2*1-3-5-4-2;1-3-2;2-1-3/h2-5,8,10H,6-7,14H2,1H3;3,5H,4H2,1-2H3;3-5H,1H2,2H3;1-2H3;1H,(H2,2,3)/b;5-3-;5-4-;;. The molecule has 1 aromatic carbocycles. The van der Waals surface area contributed by atoms with Gasteiger partial charge in [0.25, 0.3) is 0 Å². The minimum absolute atomic E-state index is 0.250. The van der Waals surface area contributed by atoms with E-state index in [1.165, 1.54) is 18.4 Å². The van der Waals surface area contributed by atoms with Crippen LogP contribution in [0.3, 0.4) is 0 Å². The van der Waals surface area contributed by atoms with E-state index in [4.69, 9.17) is 10.5 Å². The number of para-hydroxylation sites is 1. The van der Waals surface area contributed by atoms with Crippen LogP contribution < -0.4 is 11.5 Å². The molecule has 1 fully saturated rings. The fraction of sp³-hybridized carbons (Fsp3) is 0.385. The molecule has 1 saturated carbocycles. The molecule has 0 spiro atoms. The maximum Gasteiger partial charge on any atom is 0.204 e. The zero-order valence-corrected chi connectivity index (χ0v) is 20.6. The highest BCUT2D eigenvalue weighted by atomic mass is 16.4. The largest absolute Gasteiger partial charge is 0.388 e. The molecule has 6 heteroatoms. The van der Waals surface area contributed by atoms with Gasteiger partial charge in [-0.25, -0.2) is 4.68 Å². The van der Waals surface area contributed by atoms with Crippen molar-refractivity contribution in [2.75, 3.05) is 20.0 Å². The summed E-state index contributed by atoms with van der Waals surface area (Å²) in [5.41, 5.74) is 13.6. The number of aromatic nitrogens is 2. The summed E-state index contributed by atoms with van der Waals surface area (Å²) < 4.78 is 6.10. The van der Waals surface area contributed by atoms with Crippen molar-refractivity contribution >= 4 is 12.2 Å². The van der Waals surface area contributed by atoms with Crippen LogP contribution in [-0.2, 0) is 9.53 Å². The maximum absolute atomic E-state index is 8.58. The first-order valence-corrected chi connectivity index (χ1v) is 10.7. The summed E-state index contributed by atoms with van der Waals surface area (Å²) >= 11 is 0. The molecule has 1 amide bonds. The van der Waals surface area contributed by atoms with E-state index < -0.39 is 0 Å². The van der Waals surface area contributed by atoms with Crippen LogP contribution in [-0.4, -0.2) is 30.4 Å².